The van der Waals surface area contributed by atoms with Gasteiger partial charge in [-0.15, -0.1) is 11.3 Å². The number of urea groups is 1. The first-order valence-corrected chi connectivity index (χ1v) is 10.3. The SMILES string of the molecule is O=C(Cc1cn2ccsc2n1)N1CCCN(C(=O)Nc2cccc(Cl)c2)CC1. The van der Waals surface area contributed by atoms with E-state index in [1.165, 1.54) is 0 Å². The van der Waals surface area contributed by atoms with E-state index in [0.29, 0.717) is 36.9 Å². The van der Waals surface area contributed by atoms with Crippen LogP contribution in [0.5, 0.6) is 0 Å². The van der Waals surface area contributed by atoms with Crippen molar-refractivity contribution >= 4 is 45.5 Å². The number of hydrogen-bond donors (Lipinski definition) is 1. The molecule has 1 aliphatic rings. The summed E-state index contributed by atoms with van der Waals surface area (Å²) in [5, 5.41) is 5.40. The minimum atomic E-state index is -0.175. The normalized spacial score (nSPS) is 14.9. The van der Waals surface area contributed by atoms with Gasteiger partial charge in [0.2, 0.25) is 5.91 Å². The maximum atomic E-state index is 12.7. The number of anilines is 1. The second-order valence-corrected chi connectivity index (χ2v) is 7.97. The van der Waals surface area contributed by atoms with Crippen molar-refractivity contribution in [3.05, 3.63) is 52.8 Å². The van der Waals surface area contributed by atoms with Crippen molar-refractivity contribution in [2.45, 2.75) is 12.8 Å². The zero-order valence-corrected chi connectivity index (χ0v) is 16.7. The number of carbonyl (C=O) groups excluding carboxylic acids is 2. The molecule has 0 aliphatic carbocycles. The van der Waals surface area contributed by atoms with E-state index in [2.05, 4.69) is 10.3 Å². The van der Waals surface area contributed by atoms with Gasteiger partial charge in [0.05, 0.1) is 12.1 Å². The van der Waals surface area contributed by atoms with Crippen molar-refractivity contribution in [3.63, 3.8) is 0 Å². The first-order chi connectivity index (χ1) is 13.6. The highest BCUT2D eigenvalue weighted by Crippen LogP contribution is 2.16. The highest BCUT2D eigenvalue weighted by molar-refractivity contribution is 7.15. The van der Waals surface area contributed by atoms with Crippen LogP contribution in [-0.4, -0.2) is 57.3 Å². The van der Waals surface area contributed by atoms with Crippen LogP contribution < -0.4 is 5.32 Å². The Kier molecular flexibility index (Phi) is 5.50. The minimum Gasteiger partial charge on any atom is -0.341 e. The zero-order valence-electron chi connectivity index (χ0n) is 15.2. The van der Waals surface area contributed by atoms with Gasteiger partial charge in [0.25, 0.3) is 0 Å². The van der Waals surface area contributed by atoms with Crippen molar-refractivity contribution in [3.8, 4) is 0 Å². The Labute approximate surface area is 171 Å². The summed E-state index contributed by atoms with van der Waals surface area (Å²) in [7, 11) is 0. The molecule has 1 aliphatic heterocycles. The molecule has 3 aromatic rings. The Morgan fingerprint density at radius 1 is 1.18 bits per heavy atom. The molecular weight excluding hydrogens is 398 g/mol. The van der Waals surface area contributed by atoms with E-state index in [4.69, 9.17) is 11.6 Å². The molecule has 0 radical (unpaired) electrons. The summed E-state index contributed by atoms with van der Waals surface area (Å²) < 4.78 is 1.93. The second-order valence-electron chi connectivity index (χ2n) is 6.66. The molecule has 2 aromatic heterocycles. The summed E-state index contributed by atoms with van der Waals surface area (Å²) in [6.07, 6.45) is 4.85. The maximum absolute atomic E-state index is 12.7. The van der Waals surface area contributed by atoms with Gasteiger partial charge >= 0.3 is 6.03 Å². The number of halogens is 1. The Balaban J connectivity index is 1.33. The monoisotopic (exact) mass is 417 g/mol. The standard InChI is InChI=1S/C19H20ClN5O2S/c20-14-3-1-4-15(11-14)21-18(27)24-6-2-5-23(7-8-24)17(26)12-16-13-25-9-10-28-19(25)22-16/h1,3-4,9-11,13H,2,5-8,12H2,(H,21,27). The van der Waals surface area contributed by atoms with Gasteiger partial charge in [-0.05, 0) is 24.6 Å². The molecule has 0 saturated carbocycles. The largest absolute Gasteiger partial charge is 0.341 e. The van der Waals surface area contributed by atoms with E-state index in [-0.39, 0.29) is 18.4 Å². The predicted octanol–water partition coefficient (Wildman–Crippen LogP) is 3.36. The lowest BCUT2D eigenvalue weighted by Gasteiger charge is -2.22. The number of carbonyl (C=O) groups is 2. The molecule has 0 atom stereocenters. The van der Waals surface area contributed by atoms with E-state index >= 15 is 0 Å². The van der Waals surface area contributed by atoms with Crippen molar-refractivity contribution in [2.24, 2.45) is 0 Å². The molecule has 1 saturated heterocycles. The van der Waals surface area contributed by atoms with Gasteiger partial charge in [0, 0.05) is 54.7 Å². The van der Waals surface area contributed by atoms with Gasteiger partial charge in [-0.25, -0.2) is 9.78 Å². The molecule has 1 fully saturated rings. The summed E-state index contributed by atoms with van der Waals surface area (Å²) in [4.78, 5) is 34.1. The number of imidazole rings is 1. The molecule has 1 aromatic carbocycles. The molecule has 7 nitrogen and oxygen atoms in total. The molecule has 4 rings (SSSR count). The Morgan fingerprint density at radius 3 is 2.82 bits per heavy atom. The molecule has 1 N–H and O–H groups in total. The van der Waals surface area contributed by atoms with Gasteiger partial charge < -0.3 is 15.1 Å². The molecule has 28 heavy (non-hydrogen) atoms. The third kappa shape index (κ3) is 4.28. The number of benzene rings is 1. The lowest BCUT2D eigenvalue weighted by molar-refractivity contribution is -0.130. The molecule has 9 heteroatoms. The van der Waals surface area contributed by atoms with Crippen molar-refractivity contribution in [1.29, 1.82) is 0 Å². The molecule has 0 unspecified atom stereocenters. The number of fused-ring (bicyclic) bond motifs is 1. The van der Waals surface area contributed by atoms with Crippen LogP contribution >= 0.6 is 22.9 Å². The van der Waals surface area contributed by atoms with Crippen LogP contribution in [0.4, 0.5) is 10.5 Å². The fourth-order valence-corrected chi connectivity index (χ4v) is 4.18. The molecule has 146 valence electrons. The van der Waals surface area contributed by atoms with Crippen LogP contribution in [0.2, 0.25) is 5.02 Å². The number of thiazole rings is 1. The van der Waals surface area contributed by atoms with E-state index in [1.807, 2.05) is 27.1 Å². The summed E-state index contributed by atoms with van der Waals surface area (Å²) >= 11 is 7.51. The molecule has 0 bridgehead atoms. The molecular formula is C19H20ClN5O2S. The number of nitrogens with zero attached hydrogens (tertiary/aromatic N) is 4. The third-order valence-electron chi connectivity index (χ3n) is 4.69. The summed E-state index contributed by atoms with van der Waals surface area (Å²) in [6, 6.07) is 6.89. The third-order valence-corrected chi connectivity index (χ3v) is 5.69. The number of rotatable bonds is 3. The average Bonchev–Trinajstić information content (AvgIpc) is 3.14. The van der Waals surface area contributed by atoms with E-state index in [0.717, 1.165) is 17.1 Å². The molecule has 3 heterocycles. The smallest absolute Gasteiger partial charge is 0.321 e. The Hall–Kier alpha value is -2.58. The van der Waals surface area contributed by atoms with Crippen LogP contribution in [0.15, 0.2) is 42.0 Å². The highest BCUT2D eigenvalue weighted by atomic mass is 35.5. The highest BCUT2D eigenvalue weighted by Gasteiger charge is 2.23. The fraction of sp³-hybridized carbons (Fsp3) is 0.316. The van der Waals surface area contributed by atoms with Crippen LogP contribution in [-0.2, 0) is 11.2 Å². The number of nitrogens with one attached hydrogen (secondary N) is 1. The maximum Gasteiger partial charge on any atom is 0.321 e. The lowest BCUT2D eigenvalue weighted by atomic mass is 10.3. The van der Waals surface area contributed by atoms with Crippen molar-refractivity contribution in [1.82, 2.24) is 19.2 Å². The molecule has 0 spiro atoms. The second kappa shape index (κ2) is 8.20. The van der Waals surface area contributed by atoms with Crippen molar-refractivity contribution in [2.75, 3.05) is 31.5 Å². The number of amides is 3. The number of hydrogen-bond acceptors (Lipinski definition) is 4. The average molecular weight is 418 g/mol. The van der Waals surface area contributed by atoms with E-state index in [9.17, 15) is 9.59 Å². The number of aromatic nitrogens is 2. The summed E-state index contributed by atoms with van der Waals surface area (Å²) in [5.74, 6) is 0.0443. The van der Waals surface area contributed by atoms with Crippen LogP contribution in [0.1, 0.15) is 12.1 Å². The lowest BCUT2D eigenvalue weighted by Crippen LogP contribution is -2.39. The zero-order chi connectivity index (χ0) is 19.5. The Morgan fingerprint density at radius 2 is 2.00 bits per heavy atom. The fourth-order valence-electron chi connectivity index (χ4n) is 3.27. The quantitative estimate of drug-likeness (QED) is 0.710. The van der Waals surface area contributed by atoms with Gasteiger partial charge in [0.1, 0.15) is 0 Å². The van der Waals surface area contributed by atoms with Gasteiger partial charge in [0.15, 0.2) is 4.96 Å². The first kappa shape index (κ1) is 18.8. The molecule has 3 amide bonds. The van der Waals surface area contributed by atoms with E-state index < -0.39 is 0 Å². The summed E-state index contributed by atoms with van der Waals surface area (Å²) in [6.45, 7) is 2.26. The van der Waals surface area contributed by atoms with Gasteiger partial charge in [-0.3, -0.25) is 9.20 Å². The topological polar surface area (TPSA) is 70.0 Å². The predicted molar refractivity (Wildman–Crippen MR) is 110 cm³/mol. The minimum absolute atomic E-state index is 0.0443. The van der Waals surface area contributed by atoms with Crippen molar-refractivity contribution < 1.29 is 9.59 Å². The van der Waals surface area contributed by atoms with E-state index in [1.54, 1.807) is 40.5 Å². The van der Waals surface area contributed by atoms with Gasteiger partial charge in [-0.1, -0.05) is 17.7 Å². The van der Waals surface area contributed by atoms with Crippen LogP contribution in [0, 0.1) is 0 Å². The summed E-state index contributed by atoms with van der Waals surface area (Å²) in [5.41, 5.74) is 1.44. The Bertz CT molecular complexity index is 973. The first-order valence-electron chi connectivity index (χ1n) is 9.09. The van der Waals surface area contributed by atoms with Crippen LogP contribution in [0.3, 0.4) is 0 Å². The van der Waals surface area contributed by atoms with Gasteiger partial charge in [-0.2, -0.15) is 0 Å². The van der Waals surface area contributed by atoms with Crippen LogP contribution in [0.25, 0.3) is 4.96 Å².